The van der Waals surface area contributed by atoms with Gasteiger partial charge in [-0.05, 0) is 24.3 Å². The second-order valence-corrected chi connectivity index (χ2v) is 6.08. The third-order valence-corrected chi connectivity index (χ3v) is 4.08. The number of carbonyl (C=O) groups is 2. The molecule has 0 aliphatic heterocycles. The summed E-state index contributed by atoms with van der Waals surface area (Å²) in [7, 11) is 1.55. The molecule has 6 nitrogen and oxygen atoms in total. The van der Waals surface area contributed by atoms with Crippen molar-refractivity contribution in [3.63, 3.8) is 0 Å². The molecule has 0 aliphatic carbocycles. The number of anilines is 1. The van der Waals surface area contributed by atoms with Gasteiger partial charge < -0.3 is 19.2 Å². The summed E-state index contributed by atoms with van der Waals surface area (Å²) in [6.07, 6.45) is 1.01. The van der Waals surface area contributed by atoms with Crippen LogP contribution in [0.3, 0.4) is 0 Å². The van der Waals surface area contributed by atoms with Crippen LogP contribution in [0.25, 0.3) is 0 Å². The third-order valence-electron chi connectivity index (χ3n) is 4.08. The van der Waals surface area contributed by atoms with Crippen molar-refractivity contribution in [2.75, 3.05) is 12.4 Å². The van der Waals surface area contributed by atoms with Crippen molar-refractivity contribution >= 4 is 17.6 Å². The molecule has 1 amide bonds. The Kier molecular flexibility index (Phi) is 6.46. The second kappa shape index (κ2) is 9.41. The molecule has 6 heteroatoms. The minimum Gasteiger partial charge on any atom is -0.497 e. The Bertz CT molecular complexity index is 906. The molecular formula is C22H21NO5. The lowest BCUT2D eigenvalue weighted by Crippen LogP contribution is -2.26. The Morgan fingerprint density at radius 2 is 1.86 bits per heavy atom. The topological polar surface area (TPSA) is 77.8 Å². The quantitative estimate of drug-likeness (QED) is 0.595. The first-order valence-electron chi connectivity index (χ1n) is 8.87. The fourth-order valence-electron chi connectivity index (χ4n) is 2.68. The van der Waals surface area contributed by atoms with Crippen LogP contribution in [-0.4, -0.2) is 19.0 Å². The van der Waals surface area contributed by atoms with E-state index in [1.807, 2.05) is 6.07 Å². The number of carbonyl (C=O) groups excluding carboxylic acids is 2. The zero-order valence-electron chi connectivity index (χ0n) is 15.5. The first-order valence-corrected chi connectivity index (χ1v) is 8.87. The summed E-state index contributed by atoms with van der Waals surface area (Å²) in [4.78, 5) is 25.1. The summed E-state index contributed by atoms with van der Waals surface area (Å²) in [5.41, 5.74) is 1.14. The number of ether oxygens (including phenoxy) is 2. The molecule has 0 radical (unpaired) electrons. The lowest BCUT2D eigenvalue weighted by molar-refractivity contribution is -0.154. The summed E-state index contributed by atoms with van der Waals surface area (Å²) in [5.74, 6) is 0.385. The highest BCUT2D eigenvalue weighted by atomic mass is 16.5. The van der Waals surface area contributed by atoms with Gasteiger partial charge in [0.1, 0.15) is 11.5 Å². The Morgan fingerprint density at radius 3 is 2.57 bits per heavy atom. The van der Waals surface area contributed by atoms with Crippen molar-refractivity contribution in [2.24, 2.45) is 0 Å². The van der Waals surface area contributed by atoms with E-state index in [0.29, 0.717) is 29.2 Å². The molecule has 1 N–H and O–H groups in total. The SMILES string of the molecule is COc1cccc(NC(=O)C(OC(=O)CCc2ccco2)c2ccccc2)c1. The summed E-state index contributed by atoms with van der Waals surface area (Å²) in [6.45, 7) is 0. The van der Waals surface area contributed by atoms with Gasteiger partial charge >= 0.3 is 5.97 Å². The fourth-order valence-corrected chi connectivity index (χ4v) is 2.68. The van der Waals surface area contributed by atoms with Gasteiger partial charge in [-0.3, -0.25) is 9.59 Å². The van der Waals surface area contributed by atoms with E-state index in [1.54, 1.807) is 74.0 Å². The molecule has 0 saturated heterocycles. The number of aryl methyl sites for hydroxylation is 1. The molecule has 0 fully saturated rings. The first kappa shape index (κ1) is 19.2. The second-order valence-electron chi connectivity index (χ2n) is 6.08. The van der Waals surface area contributed by atoms with Crippen molar-refractivity contribution in [2.45, 2.75) is 18.9 Å². The molecule has 144 valence electrons. The molecule has 1 atom stereocenters. The summed E-state index contributed by atoms with van der Waals surface area (Å²) < 4.78 is 15.9. The van der Waals surface area contributed by atoms with E-state index in [-0.39, 0.29) is 6.42 Å². The number of esters is 1. The highest BCUT2D eigenvalue weighted by Crippen LogP contribution is 2.23. The maximum absolute atomic E-state index is 12.8. The van der Waals surface area contributed by atoms with Crippen LogP contribution in [0.5, 0.6) is 5.75 Å². The van der Waals surface area contributed by atoms with Gasteiger partial charge in [0.25, 0.3) is 5.91 Å². The summed E-state index contributed by atoms with van der Waals surface area (Å²) in [6, 6.07) is 19.4. The summed E-state index contributed by atoms with van der Waals surface area (Å²) >= 11 is 0. The van der Waals surface area contributed by atoms with E-state index in [2.05, 4.69) is 5.32 Å². The average Bonchev–Trinajstić information content (AvgIpc) is 3.25. The number of amides is 1. The van der Waals surface area contributed by atoms with Gasteiger partial charge in [0, 0.05) is 23.7 Å². The fraction of sp³-hybridized carbons (Fsp3) is 0.182. The minimum absolute atomic E-state index is 0.114. The molecule has 2 aromatic carbocycles. The highest BCUT2D eigenvalue weighted by Gasteiger charge is 2.25. The van der Waals surface area contributed by atoms with Crippen LogP contribution in [0, 0.1) is 0 Å². The number of benzene rings is 2. The average molecular weight is 379 g/mol. The molecule has 1 unspecified atom stereocenters. The zero-order chi connectivity index (χ0) is 19.8. The minimum atomic E-state index is -1.06. The van der Waals surface area contributed by atoms with E-state index >= 15 is 0 Å². The lowest BCUT2D eigenvalue weighted by atomic mass is 10.1. The monoisotopic (exact) mass is 379 g/mol. The number of hydrogen-bond acceptors (Lipinski definition) is 5. The van der Waals surface area contributed by atoms with Gasteiger partial charge in [0.05, 0.1) is 19.8 Å². The predicted molar refractivity (Wildman–Crippen MR) is 104 cm³/mol. The molecule has 0 spiro atoms. The van der Waals surface area contributed by atoms with Gasteiger partial charge in [-0.25, -0.2) is 0 Å². The van der Waals surface area contributed by atoms with E-state index in [1.165, 1.54) is 0 Å². The molecule has 0 aliphatic rings. The third kappa shape index (κ3) is 5.23. The Morgan fingerprint density at radius 1 is 1.04 bits per heavy atom. The van der Waals surface area contributed by atoms with Crippen LogP contribution >= 0.6 is 0 Å². The van der Waals surface area contributed by atoms with Gasteiger partial charge in [-0.15, -0.1) is 0 Å². The van der Waals surface area contributed by atoms with E-state index in [9.17, 15) is 9.59 Å². The van der Waals surface area contributed by atoms with Crippen LogP contribution in [0.1, 0.15) is 23.8 Å². The highest BCUT2D eigenvalue weighted by molar-refractivity contribution is 5.96. The van der Waals surface area contributed by atoms with Gasteiger partial charge in [-0.2, -0.15) is 0 Å². The molecule has 0 bridgehead atoms. The van der Waals surface area contributed by atoms with Crippen LogP contribution < -0.4 is 10.1 Å². The smallest absolute Gasteiger partial charge is 0.307 e. The predicted octanol–water partition coefficient (Wildman–Crippen LogP) is 4.14. The van der Waals surface area contributed by atoms with E-state index in [4.69, 9.17) is 13.9 Å². The largest absolute Gasteiger partial charge is 0.497 e. The normalized spacial score (nSPS) is 11.5. The van der Waals surface area contributed by atoms with Crippen LogP contribution in [0.4, 0.5) is 5.69 Å². The number of nitrogens with one attached hydrogen (secondary N) is 1. The summed E-state index contributed by atoms with van der Waals surface area (Å²) in [5, 5.41) is 2.78. The first-order chi connectivity index (χ1) is 13.7. The molecule has 1 heterocycles. The van der Waals surface area contributed by atoms with E-state index < -0.39 is 18.0 Å². The van der Waals surface area contributed by atoms with Crippen LogP contribution in [0.2, 0.25) is 0 Å². The van der Waals surface area contributed by atoms with Crippen LogP contribution in [0.15, 0.2) is 77.4 Å². The van der Waals surface area contributed by atoms with Crippen molar-refractivity contribution < 1.29 is 23.5 Å². The van der Waals surface area contributed by atoms with Crippen molar-refractivity contribution in [1.82, 2.24) is 0 Å². The van der Waals surface area contributed by atoms with Gasteiger partial charge in [0.15, 0.2) is 0 Å². The Labute approximate surface area is 163 Å². The molecule has 3 rings (SSSR count). The molecule has 0 saturated carbocycles. The number of hydrogen-bond donors (Lipinski definition) is 1. The number of methoxy groups -OCH3 is 1. The van der Waals surface area contributed by atoms with Crippen molar-refractivity contribution in [3.8, 4) is 5.75 Å². The molecule has 28 heavy (non-hydrogen) atoms. The standard InChI is InChI=1S/C22H21NO5/c1-26-19-10-5-9-17(15-19)23-22(25)21(16-7-3-2-4-8-16)28-20(24)13-12-18-11-6-14-27-18/h2-11,14-15,21H,12-13H2,1H3,(H,23,25). The van der Waals surface area contributed by atoms with E-state index in [0.717, 1.165) is 0 Å². The molecular weight excluding hydrogens is 358 g/mol. The zero-order valence-corrected chi connectivity index (χ0v) is 15.5. The molecule has 1 aromatic heterocycles. The number of rotatable bonds is 8. The van der Waals surface area contributed by atoms with Gasteiger partial charge in [-0.1, -0.05) is 36.4 Å². The van der Waals surface area contributed by atoms with Crippen molar-refractivity contribution in [3.05, 3.63) is 84.3 Å². The van der Waals surface area contributed by atoms with Crippen molar-refractivity contribution in [1.29, 1.82) is 0 Å². The Hall–Kier alpha value is -3.54. The maximum atomic E-state index is 12.8. The Balaban J connectivity index is 1.71. The molecule has 3 aromatic rings. The van der Waals surface area contributed by atoms with Crippen LogP contribution in [-0.2, 0) is 20.7 Å². The van der Waals surface area contributed by atoms with Gasteiger partial charge in [0.2, 0.25) is 6.10 Å². The lowest BCUT2D eigenvalue weighted by Gasteiger charge is -2.18. The maximum Gasteiger partial charge on any atom is 0.307 e. The number of furan rings is 1.